The van der Waals surface area contributed by atoms with Crippen LogP contribution in [0.3, 0.4) is 0 Å². The summed E-state index contributed by atoms with van der Waals surface area (Å²) in [6.07, 6.45) is 6.26. The number of piperidine rings is 2. The van der Waals surface area contributed by atoms with Gasteiger partial charge in [-0.15, -0.1) is 0 Å². The van der Waals surface area contributed by atoms with Gasteiger partial charge in [0.05, 0.1) is 4.92 Å². The van der Waals surface area contributed by atoms with Gasteiger partial charge in [0, 0.05) is 43.4 Å². The maximum Gasteiger partial charge on any atom is 0.314 e. The highest BCUT2D eigenvalue weighted by molar-refractivity contribution is 5.78. The molecule has 128 valence electrons. The van der Waals surface area contributed by atoms with Crippen molar-refractivity contribution in [2.75, 3.05) is 18.0 Å². The minimum absolute atomic E-state index is 0.113. The van der Waals surface area contributed by atoms with E-state index in [1.165, 1.54) is 0 Å². The highest BCUT2D eigenvalue weighted by Crippen LogP contribution is 2.40. The molecule has 24 heavy (non-hydrogen) atoms. The highest BCUT2D eigenvalue weighted by Gasteiger charge is 2.45. The number of anilines is 1. The van der Waals surface area contributed by atoms with Crippen molar-refractivity contribution in [2.45, 2.75) is 51.1 Å². The molecule has 1 aliphatic carbocycles. The number of nitrogens with zero attached hydrogens (tertiary/aromatic N) is 4. The molecule has 0 bridgehead atoms. The van der Waals surface area contributed by atoms with Gasteiger partial charge in [0.15, 0.2) is 0 Å². The molecule has 7 heteroatoms. The summed E-state index contributed by atoms with van der Waals surface area (Å²) < 4.78 is 0. The summed E-state index contributed by atoms with van der Waals surface area (Å²) in [4.78, 5) is 31.9. The standard InChI is InChI=1S/C17H22N4O3/c1-11-6-8-18-17(16(11)21(23)24)19-9-7-14-12(10-19)2-5-15(22)20(14)13-3-4-13/h6,8,12-14H,2-5,7,9-10H2,1H3. The Morgan fingerprint density at radius 1 is 1.29 bits per heavy atom. The van der Waals surface area contributed by atoms with Crippen LogP contribution < -0.4 is 4.90 Å². The Kier molecular flexibility index (Phi) is 3.66. The van der Waals surface area contributed by atoms with Gasteiger partial charge in [-0.05, 0) is 44.6 Å². The first-order valence-electron chi connectivity index (χ1n) is 8.72. The minimum atomic E-state index is -0.329. The highest BCUT2D eigenvalue weighted by atomic mass is 16.6. The zero-order chi connectivity index (χ0) is 16.8. The van der Waals surface area contributed by atoms with Crippen LogP contribution in [0.4, 0.5) is 11.5 Å². The third kappa shape index (κ3) is 2.52. The van der Waals surface area contributed by atoms with E-state index in [4.69, 9.17) is 0 Å². The Morgan fingerprint density at radius 3 is 2.79 bits per heavy atom. The number of aryl methyl sites for hydroxylation is 1. The molecule has 1 saturated carbocycles. The van der Waals surface area contributed by atoms with Crippen LogP contribution in [0.1, 0.15) is 37.7 Å². The maximum atomic E-state index is 12.3. The molecule has 7 nitrogen and oxygen atoms in total. The fraction of sp³-hybridized carbons (Fsp3) is 0.647. The minimum Gasteiger partial charge on any atom is -0.350 e. The van der Waals surface area contributed by atoms with Crippen molar-refractivity contribution < 1.29 is 9.72 Å². The number of amides is 1. The molecule has 3 aliphatic rings. The second-order valence-corrected chi connectivity index (χ2v) is 7.19. The molecule has 2 saturated heterocycles. The summed E-state index contributed by atoms with van der Waals surface area (Å²) in [6.45, 7) is 3.22. The van der Waals surface area contributed by atoms with Gasteiger partial charge >= 0.3 is 5.69 Å². The van der Waals surface area contributed by atoms with Crippen molar-refractivity contribution in [1.82, 2.24) is 9.88 Å². The molecule has 0 N–H and O–H groups in total. The average molecular weight is 330 g/mol. The van der Waals surface area contributed by atoms with Crippen molar-refractivity contribution in [2.24, 2.45) is 5.92 Å². The zero-order valence-electron chi connectivity index (χ0n) is 13.9. The number of nitro groups is 1. The molecule has 1 amide bonds. The Balaban J connectivity index is 1.58. The maximum absolute atomic E-state index is 12.3. The van der Waals surface area contributed by atoms with Crippen LogP contribution in [-0.4, -0.2) is 45.9 Å². The number of aromatic nitrogens is 1. The second kappa shape index (κ2) is 5.72. The molecule has 2 atom stereocenters. The first-order chi connectivity index (χ1) is 11.6. The molecular weight excluding hydrogens is 308 g/mol. The van der Waals surface area contributed by atoms with E-state index in [0.717, 1.165) is 38.8 Å². The SMILES string of the molecule is Cc1ccnc(N2CCC3C(CCC(=O)N3C3CC3)C2)c1[N+](=O)[O-]. The number of hydrogen-bond donors (Lipinski definition) is 0. The van der Waals surface area contributed by atoms with E-state index >= 15 is 0 Å². The van der Waals surface area contributed by atoms with Crippen molar-refractivity contribution >= 4 is 17.4 Å². The summed E-state index contributed by atoms with van der Waals surface area (Å²) in [5.41, 5.74) is 0.757. The lowest BCUT2D eigenvalue weighted by molar-refractivity contribution is -0.384. The number of rotatable bonds is 3. The van der Waals surface area contributed by atoms with Crippen molar-refractivity contribution in [3.05, 3.63) is 27.9 Å². The molecular formula is C17H22N4O3. The normalized spacial score (nSPS) is 27.1. The Labute approximate surface area is 140 Å². The summed E-state index contributed by atoms with van der Waals surface area (Å²) in [6, 6.07) is 2.44. The quantitative estimate of drug-likeness (QED) is 0.627. The molecule has 0 radical (unpaired) electrons. The van der Waals surface area contributed by atoms with Crippen LogP contribution in [0.2, 0.25) is 0 Å². The van der Waals surface area contributed by atoms with E-state index in [1.807, 2.05) is 4.90 Å². The van der Waals surface area contributed by atoms with Gasteiger partial charge in [-0.2, -0.15) is 0 Å². The third-order valence-corrected chi connectivity index (χ3v) is 5.60. The van der Waals surface area contributed by atoms with Crippen LogP contribution in [-0.2, 0) is 4.79 Å². The predicted octanol–water partition coefficient (Wildman–Crippen LogP) is 2.28. The Hall–Kier alpha value is -2.18. The fourth-order valence-electron chi connectivity index (χ4n) is 4.31. The molecule has 1 aromatic rings. The van der Waals surface area contributed by atoms with Crippen LogP contribution in [0.5, 0.6) is 0 Å². The van der Waals surface area contributed by atoms with Crippen LogP contribution in [0.15, 0.2) is 12.3 Å². The number of likely N-dealkylation sites (tertiary alicyclic amines) is 1. The number of carbonyl (C=O) groups is 1. The molecule has 0 aromatic carbocycles. The van der Waals surface area contributed by atoms with E-state index in [9.17, 15) is 14.9 Å². The lowest BCUT2D eigenvalue weighted by Crippen LogP contribution is -2.57. The first-order valence-corrected chi connectivity index (χ1v) is 8.72. The van der Waals surface area contributed by atoms with Gasteiger partial charge < -0.3 is 9.80 Å². The lowest BCUT2D eigenvalue weighted by Gasteiger charge is -2.47. The predicted molar refractivity (Wildman–Crippen MR) is 88.8 cm³/mol. The molecule has 3 heterocycles. The molecule has 1 aromatic heterocycles. The average Bonchev–Trinajstić information content (AvgIpc) is 3.38. The summed E-state index contributed by atoms with van der Waals surface area (Å²) in [5.74, 6) is 1.17. The Bertz CT molecular complexity index is 688. The summed E-state index contributed by atoms with van der Waals surface area (Å²) in [5, 5.41) is 11.4. The zero-order valence-corrected chi connectivity index (χ0v) is 13.9. The van der Waals surface area contributed by atoms with Gasteiger partial charge in [0.25, 0.3) is 0 Å². The lowest BCUT2D eigenvalue weighted by atomic mass is 9.83. The monoisotopic (exact) mass is 330 g/mol. The number of pyridine rings is 1. The van der Waals surface area contributed by atoms with Gasteiger partial charge in [0.2, 0.25) is 11.7 Å². The first kappa shape index (κ1) is 15.4. The number of fused-ring (bicyclic) bond motifs is 1. The third-order valence-electron chi connectivity index (χ3n) is 5.60. The van der Waals surface area contributed by atoms with Gasteiger partial charge in [-0.25, -0.2) is 4.98 Å². The summed E-state index contributed by atoms with van der Waals surface area (Å²) >= 11 is 0. The largest absolute Gasteiger partial charge is 0.350 e. The van der Waals surface area contributed by atoms with E-state index in [2.05, 4.69) is 9.88 Å². The van der Waals surface area contributed by atoms with Gasteiger partial charge in [-0.3, -0.25) is 14.9 Å². The number of hydrogen-bond acceptors (Lipinski definition) is 5. The molecule has 3 fully saturated rings. The van der Waals surface area contributed by atoms with Crippen molar-refractivity contribution in [3.63, 3.8) is 0 Å². The van der Waals surface area contributed by atoms with E-state index in [1.54, 1.807) is 19.2 Å². The van der Waals surface area contributed by atoms with Crippen molar-refractivity contribution in [1.29, 1.82) is 0 Å². The molecule has 2 aliphatic heterocycles. The second-order valence-electron chi connectivity index (χ2n) is 7.19. The van der Waals surface area contributed by atoms with Gasteiger partial charge in [0.1, 0.15) is 0 Å². The fourth-order valence-corrected chi connectivity index (χ4v) is 4.31. The molecule has 2 unspecified atom stereocenters. The van der Waals surface area contributed by atoms with E-state index in [-0.39, 0.29) is 10.6 Å². The molecule has 0 spiro atoms. The number of carbonyl (C=O) groups excluding carboxylic acids is 1. The van der Waals surface area contributed by atoms with Crippen LogP contribution in [0, 0.1) is 23.0 Å². The Morgan fingerprint density at radius 2 is 2.08 bits per heavy atom. The smallest absolute Gasteiger partial charge is 0.314 e. The van der Waals surface area contributed by atoms with Crippen LogP contribution in [0.25, 0.3) is 0 Å². The topological polar surface area (TPSA) is 79.6 Å². The van der Waals surface area contributed by atoms with Crippen LogP contribution >= 0.6 is 0 Å². The van der Waals surface area contributed by atoms with E-state index < -0.39 is 0 Å². The van der Waals surface area contributed by atoms with Gasteiger partial charge in [-0.1, -0.05) is 0 Å². The van der Waals surface area contributed by atoms with Crippen molar-refractivity contribution in [3.8, 4) is 0 Å². The molecule has 4 rings (SSSR count). The summed E-state index contributed by atoms with van der Waals surface area (Å²) in [7, 11) is 0. The van der Waals surface area contributed by atoms with E-state index in [0.29, 0.717) is 41.7 Å².